The fourth-order valence-corrected chi connectivity index (χ4v) is 4.63. The zero-order valence-electron chi connectivity index (χ0n) is 30.4. The minimum atomic E-state index is -0.978. The lowest BCUT2D eigenvalue weighted by Gasteiger charge is -2.34. The van der Waals surface area contributed by atoms with Gasteiger partial charge in [-0.2, -0.15) is 0 Å². The Kier molecular flexibility index (Phi) is 18.1. The van der Waals surface area contributed by atoms with Crippen molar-refractivity contribution in [3.05, 3.63) is 53.2 Å². The summed E-state index contributed by atoms with van der Waals surface area (Å²) < 4.78 is 10.4. The van der Waals surface area contributed by atoms with Gasteiger partial charge < -0.3 is 19.3 Å². The summed E-state index contributed by atoms with van der Waals surface area (Å²) in [6.45, 7) is 22.9. The first-order valence-electron chi connectivity index (χ1n) is 16.7. The van der Waals surface area contributed by atoms with Gasteiger partial charge >= 0.3 is 5.97 Å². The number of hydrogen-bond donors (Lipinski definition) is 1. The molecule has 2 fully saturated rings. The quantitative estimate of drug-likeness (QED) is 0.243. The average Bonchev–Trinajstić information content (AvgIpc) is 3.07. The number of aromatic nitrogens is 1. The number of benzene rings is 1. The second-order valence-electron chi connectivity index (χ2n) is 12.0. The van der Waals surface area contributed by atoms with Crippen molar-refractivity contribution in [2.75, 3.05) is 44.7 Å². The molecule has 266 valence electrons. The molecule has 1 unspecified atom stereocenters. The summed E-state index contributed by atoms with van der Waals surface area (Å²) >= 11 is 0. The number of likely N-dealkylation sites (N-methyl/N-ethyl adjacent to an activating group) is 1. The highest BCUT2D eigenvalue weighted by Crippen LogP contribution is 2.21. The zero-order chi connectivity index (χ0) is 36.4. The van der Waals surface area contributed by atoms with Gasteiger partial charge in [0.15, 0.2) is 0 Å². The third-order valence-corrected chi connectivity index (χ3v) is 7.10. The number of ether oxygens (including phenoxy) is 2. The standard InChI is InChI=1S/C16H25N3O2.C15H16N2O5.C3H8.C2H6/c1-5-18-8-10-19(11-9-18)14-7-6-13(12-17-14)15(20)21-16(2,3)4;1-9-3-4-10(22-2)7-11(9)15(21)17(8-18)12-5-6-13(19)16-14(12)20;1-3-2;1-2/h6-7,12H,5,8-11H2,1-4H3;3-4,7-8,12H,5-6H2,1-2H3,(H,16,19,20);3H2,1-2H3;1-2H3. The van der Waals surface area contributed by atoms with E-state index in [1.165, 1.54) is 19.6 Å². The SMILES string of the molecule is CC.CCC.CCN1CCN(c2ccc(C(=O)OC(C)(C)C)cn2)CC1.COc1ccc(C)c(C(=O)N(C=O)C2CCC(=O)NC2=O)c1. The van der Waals surface area contributed by atoms with E-state index in [9.17, 15) is 24.0 Å². The number of methoxy groups -OCH3 is 1. The maximum absolute atomic E-state index is 12.6. The third-order valence-electron chi connectivity index (χ3n) is 7.10. The third kappa shape index (κ3) is 13.1. The molecule has 4 rings (SSSR count). The molecular weight excluding hydrogens is 614 g/mol. The minimum absolute atomic E-state index is 0.0884. The van der Waals surface area contributed by atoms with Gasteiger partial charge in [-0.1, -0.05) is 47.1 Å². The van der Waals surface area contributed by atoms with Gasteiger partial charge in [0.25, 0.3) is 5.91 Å². The van der Waals surface area contributed by atoms with Crippen LogP contribution in [-0.4, -0.2) is 96.4 Å². The molecule has 48 heavy (non-hydrogen) atoms. The fourth-order valence-electron chi connectivity index (χ4n) is 4.63. The molecule has 1 N–H and O–H groups in total. The molecule has 0 saturated carbocycles. The maximum Gasteiger partial charge on any atom is 0.340 e. The molecule has 0 aliphatic carbocycles. The van der Waals surface area contributed by atoms with Crippen LogP contribution in [-0.2, 0) is 19.1 Å². The monoisotopic (exact) mass is 669 g/mol. The number of imide groups is 2. The highest BCUT2D eigenvalue weighted by atomic mass is 16.6. The first-order chi connectivity index (χ1) is 22.8. The first-order valence-corrected chi connectivity index (χ1v) is 16.7. The van der Waals surface area contributed by atoms with E-state index < -0.39 is 29.4 Å². The summed E-state index contributed by atoms with van der Waals surface area (Å²) in [6.07, 6.45) is 3.39. The van der Waals surface area contributed by atoms with Gasteiger partial charge in [-0.25, -0.2) is 9.78 Å². The van der Waals surface area contributed by atoms with Crippen molar-refractivity contribution < 1.29 is 33.4 Å². The van der Waals surface area contributed by atoms with Crippen molar-refractivity contribution in [2.24, 2.45) is 0 Å². The van der Waals surface area contributed by atoms with Gasteiger partial charge in [-0.15, -0.1) is 0 Å². The molecule has 0 bridgehead atoms. The second kappa shape index (κ2) is 20.8. The zero-order valence-corrected chi connectivity index (χ0v) is 30.4. The number of rotatable bonds is 7. The number of nitrogens with zero attached hydrogens (tertiary/aromatic N) is 4. The van der Waals surface area contributed by atoms with Crippen LogP contribution < -0.4 is 15.0 Å². The van der Waals surface area contributed by atoms with Gasteiger partial charge in [0.1, 0.15) is 23.2 Å². The molecule has 1 aromatic carbocycles. The first kappa shape index (κ1) is 41.7. The lowest BCUT2D eigenvalue weighted by Crippen LogP contribution is -2.53. The molecular formula is C36H55N5O7. The molecule has 2 aliphatic heterocycles. The average molecular weight is 670 g/mol. The van der Waals surface area contributed by atoms with E-state index in [0.717, 1.165) is 43.4 Å². The fraction of sp³-hybridized carbons (Fsp3) is 0.556. The largest absolute Gasteiger partial charge is 0.497 e. The van der Waals surface area contributed by atoms with Crippen molar-refractivity contribution in [1.29, 1.82) is 0 Å². The van der Waals surface area contributed by atoms with E-state index in [4.69, 9.17) is 9.47 Å². The molecule has 12 heteroatoms. The molecule has 4 amide bonds. The Bertz CT molecular complexity index is 1330. The number of pyridine rings is 1. The number of anilines is 1. The van der Waals surface area contributed by atoms with Crippen LogP contribution in [0.15, 0.2) is 36.5 Å². The van der Waals surface area contributed by atoms with Crippen molar-refractivity contribution in [1.82, 2.24) is 20.1 Å². The highest BCUT2D eigenvalue weighted by Gasteiger charge is 2.35. The molecule has 2 saturated heterocycles. The maximum atomic E-state index is 12.6. The van der Waals surface area contributed by atoms with E-state index in [0.29, 0.717) is 23.3 Å². The summed E-state index contributed by atoms with van der Waals surface area (Å²) in [7, 11) is 1.47. The van der Waals surface area contributed by atoms with Crippen LogP contribution in [0.4, 0.5) is 5.82 Å². The summed E-state index contributed by atoms with van der Waals surface area (Å²) in [4.78, 5) is 68.8. The highest BCUT2D eigenvalue weighted by molar-refractivity contribution is 6.07. The predicted octanol–water partition coefficient (Wildman–Crippen LogP) is 5.03. The number of nitrogens with one attached hydrogen (secondary N) is 1. The van der Waals surface area contributed by atoms with Crippen molar-refractivity contribution in [3.8, 4) is 5.75 Å². The smallest absolute Gasteiger partial charge is 0.340 e. The van der Waals surface area contributed by atoms with Gasteiger partial charge in [0.05, 0.1) is 12.7 Å². The number of hydrogen-bond acceptors (Lipinski definition) is 10. The van der Waals surface area contributed by atoms with Gasteiger partial charge in [-0.3, -0.25) is 29.4 Å². The molecule has 2 aromatic rings. The van der Waals surface area contributed by atoms with E-state index >= 15 is 0 Å². The predicted molar refractivity (Wildman–Crippen MR) is 187 cm³/mol. The molecule has 1 aromatic heterocycles. The van der Waals surface area contributed by atoms with E-state index in [1.807, 2.05) is 40.7 Å². The Balaban J connectivity index is 0.000000424. The minimum Gasteiger partial charge on any atom is -0.497 e. The van der Waals surface area contributed by atoms with Crippen LogP contribution in [0.3, 0.4) is 0 Å². The topological polar surface area (TPSA) is 138 Å². The van der Waals surface area contributed by atoms with E-state index in [2.05, 4.69) is 40.9 Å². The number of carbonyl (C=O) groups excluding carboxylic acids is 5. The van der Waals surface area contributed by atoms with Gasteiger partial charge in [-0.05, 0) is 70.5 Å². The van der Waals surface area contributed by atoms with Crippen LogP contribution in [0.5, 0.6) is 5.75 Å². The van der Waals surface area contributed by atoms with Crippen molar-refractivity contribution in [3.63, 3.8) is 0 Å². The normalized spacial score (nSPS) is 16.0. The van der Waals surface area contributed by atoms with E-state index in [1.54, 1.807) is 31.3 Å². The Labute approximate surface area is 286 Å². The van der Waals surface area contributed by atoms with Crippen LogP contribution in [0.2, 0.25) is 0 Å². The molecule has 2 aliphatic rings. The van der Waals surface area contributed by atoms with Crippen LogP contribution in [0.25, 0.3) is 0 Å². The van der Waals surface area contributed by atoms with Crippen LogP contribution in [0.1, 0.15) is 101 Å². The summed E-state index contributed by atoms with van der Waals surface area (Å²) in [5, 5.41) is 2.13. The van der Waals surface area contributed by atoms with Gasteiger partial charge in [0, 0.05) is 44.4 Å². The summed E-state index contributed by atoms with van der Waals surface area (Å²) in [6, 6.07) is 7.63. The molecule has 0 radical (unpaired) electrons. The molecule has 1 atom stereocenters. The van der Waals surface area contributed by atoms with Crippen LogP contribution >= 0.6 is 0 Å². The van der Waals surface area contributed by atoms with Gasteiger partial charge in [0.2, 0.25) is 18.2 Å². The summed E-state index contributed by atoms with van der Waals surface area (Å²) in [5.74, 6) is -0.561. The number of amides is 4. The lowest BCUT2D eigenvalue weighted by molar-refractivity contribution is -0.139. The Hall–Kier alpha value is -4.32. The van der Waals surface area contributed by atoms with E-state index in [-0.39, 0.29) is 24.4 Å². The Morgan fingerprint density at radius 3 is 2.15 bits per heavy atom. The Morgan fingerprint density at radius 2 is 1.67 bits per heavy atom. The van der Waals surface area contributed by atoms with Crippen molar-refractivity contribution in [2.45, 2.75) is 93.2 Å². The Morgan fingerprint density at radius 1 is 1.04 bits per heavy atom. The number of carbonyl (C=O) groups is 5. The van der Waals surface area contributed by atoms with Crippen molar-refractivity contribution >= 4 is 35.9 Å². The van der Waals surface area contributed by atoms with Crippen LogP contribution in [0, 0.1) is 6.92 Å². The number of aryl methyl sites for hydroxylation is 1. The number of piperazine rings is 1. The molecule has 3 heterocycles. The molecule has 0 spiro atoms. The lowest BCUT2D eigenvalue weighted by atomic mass is 10.0. The molecule has 12 nitrogen and oxygen atoms in total. The number of piperidine rings is 1. The number of esters is 1. The second-order valence-corrected chi connectivity index (χ2v) is 12.0. The summed E-state index contributed by atoms with van der Waals surface area (Å²) in [5.41, 5.74) is 0.952.